The van der Waals surface area contributed by atoms with Crippen LogP contribution in [0.3, 0.4) is 0 Å². The van der Waals surface area contributed by atoms with Crippen LogP contribution in [0.15, 0.2) is 24.3 Å². The first-order valence-electron chi connectivity index (χ1n) is 7.45. The van der Waals surface area contributed by atoms with E-state index in [-0.39, 0.29) is 19.0 Å². The van der Waals surface area contributed by atoms with Gasteiger partial charge in [0.2, 0.25) is 0 Å². The molecule has 20 heavy (non-hydrogen) atoms. The van der Waals surface area contributed by atoms with Gasteiger partial charge in [0.15, 0.2) is 0 Å². The summed E-state index contributed by atoms with van der Waals surface area (Å²) >= 11 is 0. The molecular formula is C16H24FNO2. The molecule has 1 aromatic carbocycles. The lowest BCUT2D eigenvalue weighted by atomic mass is 9.83. The molecule has 0 bridgehead atoms. The van der Waals surface area contributed by atoms with Gasteiger partial charge < -0.3 is 15.2 Å². The average Bonchev–Trinajstić information content (AvgIpc) is 2.39. The van der Waals surface area contributed by atoms with Gasteiger partial charge in [0.1, 0.15) is 5.82 Å². The number of aliphatic hydroxyl groups excluding tert-OH is 1. The van der Waals surface area contributed by atoms with Crippen molar-refractivity contribution in [2.24, 2.45) is 5.92 Å². The molecular weight excluding hydrogens is 257 g/mol. The van der Waals surface area contributed by atoms with Gasteiger partial charge >= 0.3 is 0 Å². The van der Waals surface area contributed by atoms with Crippen LogP contribution >= 0.6 is 0 Å². The Bertz CT molecular complexity index is 396. The van der Waals surface area contributed by atoms with Crippen molar-refractivity contribution in [2.75, 3.05) is 19.7 Å². The van der Waals surface area contributed by atoms with E-state index in [0.717, 1.165) is 12.5 Å². The Morgan fingerprint density at radius 2 is 2.15 bits per heavy atom. The Balaban J connectivity index is 1.51. The minimum atomic E-state index is -0.539. The highest BCUT2D eigenvalue weighted by Gasteiger charge is 2.16. The monoisotopic (exact) mass is 281 g/mol. The average molecular weight is 281 g/mol. The first-order valence-corrected chi connectivity index (χ1v) is 7.45. The highest BCUT2D eigenvalue weighted by molar-refractivity contribution is 5.16. The summed E-state index contributed by atoms with van der Waals surface area (Å²) in [5, 5.41) is 13.0. The molecule has 0 radical (unpaired) electrons. The minimum Gasteiger partial charge on any atom is -0.389 e. The summed E-state index contributed by atoms with van der Waals surface area (Å²) in [6.45, 7) is 1.91. The number of benzene rings is 1. The maximum atomic E-state index is 13.3. The number of hydrogen-bond acceptors (Lipinski definition) is 3. The number of rotatable bonds is 9. The molecule has 1 unspecified atom stereocenters. The van der Waals surface area contributed by atoms with Crippen LogP contribution in [0.1, 0.15) is 31.2 Å². The van der Waals surface area contributed by atoms with E-state index < -0.39 is 6.10 Å². The summed E-state index contributed by atoms with van der Waals surface area (Å²) in [6, 6.07) is 6.54. The number of aliphatic hydroxyl groups is 1. The van der Waals surface area contributed by atoms with Crippen LogP contribution in [-0.2, 0) is 11.3 Å². The molecule has 2 N–H and O–H groups in total. The van der Waals surface area contributed by atoms with Crippen LogP contribution in [0.5, 0.6) is 0 Å². The SMILES string of the molecule is OC(CNCCC1CCC1)COCc1ccccc1F. The van der Waals surface area contributed by atoms with Crippen molar-refractivity contribution >= 4 is 0 Å². The highest BCUT2D eigenvalue weighted by Crippen LogP contribution is 2.28. The lowest BCUT2D eigenvalue weighted by Gasteiger charge is -2.25. The molecule has 1 atom stereocenters. The van der Waals surface area contributed by atoms with Gasteiger partial charge in [-0.05, 0) is 24.9 Å². The zero-order valence-corrected chi connectivity index (χ0v) is 11.9. The molecule has 2 rings (SSSR count). The lowest BCUT2D eigenvalue weighted by molar-refractivity contribution is 0.0277. The molecule has 4 heteroatoms. The molecule has 1 fully saturated rings. The molecule has 0 spiro atoms. The smallest absolute Gasteiger partial charge is 0.128 e. The fourth-order valence-electron chi connectivity index (χ4n) is 2.34. The van der Waals surface area contributed by atoms with Crippen molar-refractivity contribution in [3.05, 3.63) is 35.6 Å². The minimum absolute atomic E-state index is 0.200. The van der Waals surface area contributed by atoms with E-state index in [0.29, 0.717) is 12.1 Å². The standard InChI is InChI=1S/C16H24FNO2/c17-16-7-2-1-6-14(16)11-20-12-15(19)10-18-9-8-13-4-3-5-13/h1-2,6-7,13,15,18-19H,3-5,8-12H2. The van der Waals surface area contributed by atoms with Gasteiger partial charge in [-0.1, -0.05) is 37.5 Å². The second-order valence-corrected chi connectivity index (χ2v) is 5.55. The van der Waals surface area contributed by atoms with Crippen LogP contribution in [0.2, 0.25) is 0 Å². The summed E-state index contributed by atoms with van der Waals surface area (Å²) in [7, 11) is 0. The Labute approximate surface area is 120 Å². The van der Waals surface area contributed by atoms with Crippen LogP contribution in [-0.4, -0.2) is 30.9 Å². The largest absolute Gasteiger partial charge is 0.389 e. The van der Waals surface area contributed by atoms with E-state index in [4.69, 9.17) is 4.74 Å². The normalized spacial score (nSPS) is 16.9. The molecule has 1 aliphatic carbocycles. The molecule has 1 aliphatic rings. The van der Waals surface area contributed by atoms with Gasteiger partial charge in [0.05, 0.1) is 19.3 Å². The second-order valence-electron chi connectivity index (χ2n) is 5.55. The maximum absolute atomic E-state index is 13.3. The third-order valence-corrected chi connectivity index (χ3v) is 3.86. The lowest BCUT2D eigenvalue weighted by Crippen LogP contribution is -2.32. The maximum Gasteiger partial charge on any atom is 0.128 e. The summed E-state index contributed by atoms with van der Waals surface area (Å²) in [4.78, 5) is 0. The van der Waals surface area contributed by atoms with Gasteiger partial charge in [0, 0.05) is 12.1 Å². The van der Waals surface area contributed by atoms with Crippen molar-refractivity contribution in [3.63, 3.8) is 0 Å². The zero-order valence-electron chi connectivity index (χ0n) is 11.9. The topological polar surface area (TPSA) is 41.5 Å². The predicted octanol–water partition coefficient (Wildman–Crippen LogP) is 2.48. The van der Waals surface area contributed by atoms with Crippen molar-refractivity contribution in [1.82, 2.24) is 5.32 Å². The number of halogens is 1. The van der Waals surface area contributed by atoms with E-state index in [2.05, 4.69) is 5.32 Å². The van der Waals surface area contributed by atoms with E-state index in [9.17, 15) is 9.50 Å². The molecule has 0 heterocycles. The fraction of sp³-hybridized carbons (Fsp3) is 0.625. The molecule has 0 aliphatic heterocycles. The number of nitrogens with one attached hydrogen (secondary N) is 1. The molecule has 0 amide bonds. The van der Waals surface area contributed by atoms with Gasteiger partial charge in [-0.2, -0.15) is 0 Å². The summed E-state index contributed by atoms with van der Waals surface area (Å²) in [5.41, 5.74) is 0.526. The Kier molecular flexibility index (Phi) is 6.43. The van der Waals surface area contributed by atoms with E-state index in [1.165, 1.54) is 31.7 Å². The summed E-state index contributed by atoms with van der Waals surface area (Å²) in [6.07, 6.45) is 4.74. The van der Waals surface area contributed by atoms with E-state index in [1.54, 1.807) is 18.2 Å². The van der Waals surface area contributed by atoms with E-state index >= 15 is 0 Å². The van der Waals surface area contributed by atoms with Crippen molar-refractivity contribution in [1.29, 1.82) is 0 Å². The van der Waals surface area contributed by atoms with E-state index in [1.807, 2.05) is 0 Å². The van der Waals surface area contributed by atoms with Crippen LogP contribution in [0.25, 0.3) is 0 Å². The zero-order chi connectivity index (χ0) is 14.2. The van der Waals surface area contributed by atoms with Crippen LogP contribution < -0.4 is 5.32 Å². The predicted molar refractivity (Wildman–Crippen MR) is 76.9 cm³/mol. The molecule has 3 nitrogen and oxygen atoms in total. The quantitative estimate of drug-likeness (QED) is 0.683. The first-order chi connectivity index (χ1) is 9.75. The third-order valence-electron chi connectivity index (χ3n) is 3.86. The number of ether oxygens (including phenoxy) is 1. The van der Waals surface area contributed by atoms with Gasteiger partial charge in [-0.25, -0.2) is 4.39 Å². The van der Waals surface area contributed by atoms with Gasteiger partial charge in [-0.15, -0.1) is 0 Å². The molecule has 1 saturated carbocycles. The summed E-state index contributed by atoms with van der Waals surface area (Å²) < 4.78 is 18.7. The fourth-order valence-corrected chi connectivity index (χ4v) is 2.34. The van der Waals surface area contributed by atoms with Crippen molar-refractivity contribution in [3.8, 4) is 0 Å². The van der Waals surface area contributed by atoms with Gasteiger partial charge in [-0.3, -0.25) is 0 Å². The Morgan fingerprint density at radius 1 is 1.35 bits per heavy atom. The summed E-state index contributed by atoms with van der Waals surface area (Å²) in [5.74, 6) is 0.623. The van der Waals surface area contributed by atoms with Gasteiger partial charge in [0.25, 0.3) is 0 Å². The van der Waals surface area contributed by atoms with Crippen LogP contribution in [0.4, 0.5) is 4.39 Å². The molecule has 112 valence electrons. The van der Waals surface area contributed by atoms with Crippen molar-refractivity contribution < 1.29 is 14.2 Å². The number of hydrogen-bond donors (Lipinski definition) is 2. The Hall–Kier alpha value is -0.970. The molecule has 0 saturated heterocycles. The van der Waals surface area contributed by atoms with Crippen LogP contribution in [0, 0.1) is 11.7 Å². The highest BCUT2D eigenvalue weighted by atomic mass is 19.1. The third kappa shape index (κ3) is 5.19. The molecule has 0 aromatic heterocycles. The molecule has 1 aromatic rings. The first kappa shape index (κ1) is 15.4. The van der Waals surface area contributed by atoms with Crippen molar-refractivity contribution in [2.45, 2.75) is 38.4 Å². The Morgan fingerprint density at radius 3 is 2.85 bits per heavy atom. The second kappa shape index (κ2) is 8.35.